The van der Waals surface area contributed by atoms with Crippen molar-refractivity contribution in [2.24, 2.45) is 11.8 Å². The fourth-order valence-electron chi connectivity index (χ4n) is 2.22. The Morgan fingerprint density at radius 2 is 2.50 bits per heavy atom. The first kappa shape index (κ1) is 10.0. The normalized spacial score (nSPS) is 22.9. The zero-order valence-electron chi connectivity index (χ0n) is 8.61. The van der Waals surface area contributed by atoms with E-state index in [1.165, 1.54) is 24.1 Å². The van der Waals surface area contributed by atoms with Crippen LogP contribution in [0.1, 0.15) is 24.6 Å². The molecule has 2 atom stereocenters. The van der Waals surface area contributed by atoms with Crippen LogP contribution in [0.25, 0.3) is 0 Å². The van der Waals surface area contributed by atoms with Gasteiger partial charge in [-0.15, -0.1) is 0 Å². The lowest BCUT2D eigenvalue weighted by molar-refractivity contribution is 0.345. The van der Waals surface area contributed by atoms with Gasteiger partial charge in [-0.1, -0.05) is 13.0 Å². The molecule has 1 aliphatic carbocycles. The summed E-state index contributed by atoms with van der Waals surface area (Å²) in [6.45, 7) is 2.30. The molecule has 2 heteroatoms. The van der Waals surface area contributed by atoms with E-state index in [9.17, 15) is 0 Å². The van der Waals surface area contributed by atoms with Crippen LogP contribution in [0, 0.1) is 11.8 Å². The Bertz CT molecular complexity index is 311. The Labute approximate surface area is 91.4 Å². The van der Waals surface area contributed by atoms with Gasteiger partial charge in [0.05, 0.1) is 0 Å². The first-order chi connectivity index (χ1) is 6.81. The molecule has 0 radical (unpaired) electrons. The highest BCUT2D eigenvalue weighted by atomic mass is 32.1. The lowest BCUT2D eigenvalue weighted by atomic mass is 9.80. The number of pyridine rings is 1. The molecule has 14 heavy (non-hydrogen) atoms. The van der Waals surface area contributed by atoms with Crippen LogP contribution in [0.3, 0.4) is 0 Å². The molecule has 2 rings (SSSR count). The molecule has 0 spiro atoms. The topological polar surface area (TPSA) is 12.9 Å². The number of hydrogen-bond acceptors (Lipinski definition) is 2. The van der Waals surface area contributed by atoms with E-state index in [-0.39, 0.29) is 0 Å². The molecule has 0 amide bonds. The standard InChI is InChI=1S/C12H17NS/c1-9(8-14)10-4-5-12-11(7-10)3-2-6-13-12/h2-3,6,9-10,14H,4-5,7-8H2,1H3. The monoisotopic (exact) mass is 207 g/mol. The third kappa shape index (κ3) is 1.95. The number of thiol groups is 1. The molecule has 76 valence electrons. The second kappa shape index (κ2) is 4.35. The zero-order valence-corrected chi connectivity index (χ0v) is 9.50. The van der Waals surface area contributed by atoms with Gasteiger partial charge >= 0.3 is 0 Å². The van der Waals surface area contributed by atoms with Crippen LogP contribution in [0.15, 0.2) is 18.3 Å². The Kier molecular flexibility index (Phi) is 3.12. The van der Waals surface area contributed by atoms with Crippen LogP contribution >= 0.6 is 12.6 Å². The van der Waals surface area contributed by atoms with Crippen molar-refractivity contribution < 1.29 is 0 Å². The van der Waals surface area contributed by atoms with Gasteiger partial charge in [0.15, 0.2) is 0 Å². The van der Waals surface area contributed by atoms with Crippen molar-refractivity contribution in [1.82, 2.24) is 4.98 Å². The predicted octanol–water partition coefficient (Wildman–Crippen LogP) is 2.75. The molecule has 0 N–H and O–H groups in total. The number of fused-ring (bicyclic) bond motifs is 1. The molecule has 0 aliphatic heterocycles. The van der Waals surface area contributed by atoms with E-state index >= 15 is 0 Å². The molecule has 1 aromatic heterocycles. The SMILES string of the molecule is CC(CS)C1CCc2ncccc2C1. The Morgan fingerprint density at radius 3 is 3.29 bits per heavy atom. The summed E-state index contributed by atoms with van der Waals surface area (Å²) in [5.74, 6) is 2.54. The second-order valence-corrected chi connectivity index (χ2v) is 4.64. The van der Waals surface area contributed by atoms with Crippen molar-refractivity contribution in [3.05, 3.63) is 29.6 Å². The van der Waals surface area contributed by atoms with E-state index in [1.807, 2.05) is 12.3 Å². The van der Waals surface area contributed by atoms with Crippen LogP contribution in [0.2, 0.25) is 0 Å². The quantitative estimate of drug-likeness (QED) is 0.736. The van der Waals surface area contributed by atoms with Crippen LogP contribution in [-0.4, -0.2) is 10.7 Å². The molecule has 1 nitrogen and oxygen atoms in total. The number of aryl methyl sites for hydroxylation is 1. The van der Waals surface area contributed by atoms with E-state index < -0.39 is 0 Å². The molecule has 0 aromatic carbocycles. The third-order valence-electron chi connectivity index (χ3n) is 3.31. The average Bonchev–Trinajstić information content (AvgIpc) is 2.27. The van der Waals surface area contributed by atoms with Gasteiger partial charge in [0, 0.05) is 11.9 Å². The average molecular weight is 207 g/mol. The van der Waals surface area contributed by atoms with Gasteiger partial charge < -0.3 is 0 Å². The lowest BCUT2D eigenvalue weighted by Gasteiger charge is -2.27. The van der Waals surface area contributed by atoms with E-state index in [0.717, 1.165) is 24.0 Å². The van der Waals surface area contributed by atoms with Gasteiger partial charge in [-0.25, -0.2) is 0 Å². The summed E-state index contributed by atoms with van der Waals surface area (Å²) in [5.41, 5.74) is 2.77. The maximum Gasteiger partial charge on any atom is 0.0435 e. The maximum absolute atomic E-state index is 4.42. The lowest BCUT2D eigenvalue weighted by Crippen LogP contribution is -2.22. The van der Waals surface area contributed by atoms with Gasteiger partial charge in [0.25, 0.3) is 0 Å². The van der Waals surface area contributed by atoms with E-state index in [2.05, 4.69) is 30.6 Å². The van der Waals surface area contributed by atoms with Crippen molar-refractivity contribution in [2.75, 3.05) is 5.75 Å². The number of hydrogen-bond donors (Lipinski definition) is 1. The van der Waals surface area contributed by atoms with E-state index in [4.69, 9.17) is 0 Å². The van der Waals surface area contributed by atoms with Crippen LogP contribution in [0.5, 0.6) is 0 Å². The van der Waals surface area contributed by atoms with Gasteiger partial charge in [-0.2, -0.15) is 12.6 Å². The summed E-state index contributed by atoms with van der Waals surface area (Å²) < 4.78 is 0. The zero-order chi connectivity index (χ0) is 9.97. The first-order valence-electron chi connectivity index (χ1n) is 5.35. The summed E-state index contributed by atoms with van der Waals surface area (Å²) in [7, 11) is 0. The molecule has 2 unspecified atom stereocenters. The van der Waals surface area contributed by atoms with Crippen molar-refractivity contribution in [3.63, 3.8) is 0 Å². The number of nitrogens with zero attached hydrogens (tertiary/aromatic N) is 1. The van der Waals surface area contributed by atoms with E-state index in [1.54, 1.807) is 0 Å². The maximum atomic E-state index is 4.42. The minimum atomic E-state index is 0.728. The Morgan fingerprint density at radius 1 is 1.64 bits per heavy atom. The molecule has 0 fully saturated rings. The smallest absolute Gasteiger partial charge is 0.0435 e. The highest BCUT2D eigenvalue weighted by molar-refractivity contribution is 7.80. The predicted molar refractivity (Wildman–Crippen MR) is 62.8 cm³/mol. The largest absolute Gasteiger partial charge is 0.261 e. The van der Waals surface area contributed by atoms with Crippen LogP contribution in [-0.2, 0) is 12.8 Å². The minimum absolute atomic E-state index is 0.728. The first-order valence-corrected chi connectivity index (χ1v) is 5.98. The molecular formula is C12H17NS. The summed E-state index contributed by atoms with van der Waals surface area (Å²) in [6, 6.07) is 4.27. The van der Waals surface area contributed by atoms with Gasteiger partial charge in [-0.05, 0) is 48.5 Å². The highest BCUT2D eigenvalue weighted by Crippen LogP contribution is 2.29. The summed E-state index contributed by atoms with van der Waals surface area (Å²) in [6.07, 6.45) is 5.54. The summed E-state index contributed by atoms with van der Waals surface area (Å²) >= 11 is 4.38. The van der Waals surface area contributed by atoms with Gasteiger partial charge in [0.2, 0.25) is 0 Å². The van der Waals surface area contributed by atoms with Crippen molar-refractivity contribution in [1.29, 1.82) is 0 Å². The van der Waals surface area contributed by atoms with Crippen molar-refractivity contribution in [3.8, 4) is 0 Å². The molecular weight excluding hydrogens is 190 g/mol. The number of rotatable bonds is 2. The third-order valence-corrected chi connectivity index (χ3v) is 3.89. The minimum Gasteiger partial charge on any atom is -0.261 e. The molecule has 1 aliphatic rings. The van der Waals surface area contributed by atoms with Crippen LogP contribution in [0.4, 0.5) is 0 Å². The van der Waals surface area contributed by atoms with Crippen LogP contribution < -0.4 is 0 Å². The summed E-state index contributed by atoms with van der Waals surface area (Å²) in [5, 5.41) is 0. The van der Waals surface area contributed by atoms with Gasteiger partial charge in [0.1, 0.15) is 0 Å². The van der Waals surface area contributed by atoms with Crippen molar-refractivity contribution in [2.45, 2.75) is 26.2 Å². The molecule has 0 saturated heterocycles. The fourth-order valence-corrected chi connectivity index (χ4v) is 2.52. The fraction of sp³-hybridized carbons (Fsp3) is 0.583. The number of aromatic nitrogens is 1. The molecule has 0 saturated carbocycles. The Hall–Kier alpha value is -0.500. The highest BCUT2D eigenvalue weighted by Gasteiger charge is 2.22. The van der Waals surface area contributed by atoms with Crippen molar-refractivity contribution >= 4 is 12.6 Å². The Balaban J connectivity index is 2.13. The molecule has 1 aromatic rings. The van der Waals surface area contributed by atoms with Gasteiger partial charge in [-0.3, -0.25) is 4.98 Å². The van der Waals surface area contributed by atoms with E-state index in [0.29, 0.717) is 0 Å². The second-order valence-electron chi connectivity index (χ2n) is 4.27. The molecule has 0 bridgehead atoms. The summed E-state index contributed by atoms with van der Waals surface area (Å²) in [4.78, 5) is 4.42. The molecule has 1 heterocycles.